The third kappa shape index (κ3) is 2.89. The van der Waals surface area contributed by atoms with E-state index in [1.807, 2.05) is 6.08 Å². The molecule has 0 bridgehead atoms. The largest absolute Gasteiger partial charge is 0.383 e. The summed E-state index contributed by atoms with van der Waals surface area (Å²) in [6.45, 7) is 6.84. The van der Waals surface area contributed by atoms with Crippen molar-refractivity contribution in [3.63, 3.8) is 0 Å². The van der Waals surface area contributed by atoms with Crippen LogP contribution in [0.1, 0.15) is 23.6 Å². The standard InChI is InChI=1S/C21H21N/c1-3-9-16(2)21-19-13-8-7-12-18(19)14-20(21)22-15-17-10-5-4-6-11-17/h3-13,22H,1,14-15H2,2H3/b16-9-. The van der Waals surface area contributed by atoms with Crippen molar-refractivity contribution in [2.24, 2.45) is 0 Å². The highest BCUT2D eigenvalue weighted by Crippen LogP contribution is 2.36. The van der Waals surface area contributed by atoms with Crippen molar-refractivity contribution in [2.75, 3.05) is 0 Å². The highest BCUT2D eigenvalue weighted by atomic mass is 14.9. The molecule has 0 aromatic heterocycles. The molecule has 0 heterocycles. The van der Waals surface area contributed by atoms with Crippen molar-refractivity contribution in [2.45, 2.75) is 19.9 Å². The minimum atomic E-state index is 0.856. The van der Waals surface area contributed by atoms with Crippen LogP contribution in [0.4, 0.5) is 0 Å². The molecule has 1 aliphatic rings. The van der Waals surface area contributed by atoms with E-state index < -0.39 is 0 Å². The lowest BCUT2D eigenvalue weighted by molar-refractivity contribution is 0.793. The van der Waals surface area contributed by atoms with Gasteiger partial charge in [-0.2, -0.15) is 0 Å². The zero-order chi connectivity index (χ0) is 15.4. The van der Waals surface area contributed by atoms with Gasteiger partial charge < -0.3 is 5.32 Å². The van der Waals surface area contributed by atoms with Gasteiger partial charge in [-0.05, 0) is 29.2 Å². The van der Waals surface area contributed by atoms with Gasteiger partial charge in [0.15, 0.2) is 0 Å². The van der Waals surface area contributed by atoms with Crippen LogP contribution in [0, 0.1) is 0 Å². The summed E-state index contributed by atoms with van der Waals surface area (Å²) in [6, 6.07) is 19.2. The second-order valence-corrected chi connectivity index (χ2v) is 5.61. The van der Waals surface area contributed by atoms with Crippen molar-refractivity contribution in [3.8, 4) is 0 Å². The zero-order valence-corrected chi connectivity index (χ0v) is 13.0. The number of allylic oxidation sites excluding steroid dienone is 5. The van der Waals surface area contributed by atoms with Crippen molar-refractivity contribution >= 4 is 5.57 Å². The molecule has 1 N–H and O–H groups in total. The molecule has 110 valence electrons. The predicted octanol–water partition coefficient (Wildman–Crippen LogP) is 4.88. The zero-order valence-electron chi connectivity index (χ0n) is 13.0. The molecule has 0 atom stereocenters. The molecule has 2 aromatic rings. The van der Waals surface area contributed by atoms with E-state index in [1.54, 1.807) is 0 Å². The van der Waals surface area contributed by atoms with Gasteiger partial charge in [0, 0.05) is 24.2 Å². The molecular formula is C21H21N. The molecule has 0 aliphatic heterocycles. The summed E-state index contributed by atoms with van der Waals surface area (Å²) in [5.74, 6) is 0. The summed E-state index contributed by atoms with van der Waals surface area (Å²) >= 11 is 0. The number of hydrogen-bond donors (Lipinski definition) is 1. The summed E-state index contributed by atoms with van der Waals surface area (Å²) < 4.78 is 0. The predicted molar refractivity (Wildman–Crippen MR) is 94.3 cm³/mol. The Morgan fingerprint density at radius 3 is 2.59 bits per heavy atom. The minimum absolute atomic E-state index is 0.856. The average Bonchev–Trinajstić information content (AvgIpc) is 2.92. The summed E-state index contributed by atoms with van der Waals surface area (Å²) in [5.41, 5.74) is 7.93. The Morgan fingerprint density at radius 2 is 1.82 bits per heavy atom. The Kier molecular flexibility index (Phi) is 4.24. The van der Waals surface area contributed by atoms with Crippen LogP contribution >= 0.6 is 0 Å². The van der Waals surface area contributed by atoms with E-state index in [4.69, 9.17) is 0 Å². The van der Waals surface area contributed by atoms with Crippen LogP contribution in [-0.4, -0.2) is 0 Å². The number of fused-ring (bicyclic) bond motifs is 1. The number of rotatable bonds is 5. The van der Waals surface area contributed by atoms with Crippen molar-refractivity contribution < 1.29 is 0 Å². The Balaban J connectivity index is 1.91. The van der Waals surface area contributed by atoms with Crippen molar-refractivity contribution in [3.05, 3.63) is 101 Å². The maximum Gasteiger partial charge on any atom is 0.0398 e. The number of hydrogen-bond acceptors (Lipinski definition) is 1. The molecular weight excluding hydrogens is 266 g/mol. The SMILES string of the molecule is C=C/C=C(/C)C1=C(NCc2ccccc2)Cc2ccccc21. The quantitative estimate of drug-likeness (QED) is 0.773. The maximum absolute atomic E-state index is 3.83. The fourth-order valence-electron chi connectivity index (χ4n) is 3.03. The second-order valence-electron chi connectivity index (χ2n) is 5.61. The molecule has 1 nitrogen and oxygen atoms in total. The molecule has 22 heavy (non-hydrogen) atoms. The normalized spacial score (nSPS) is 14.0. The smallest absolute Gasteiger partial charge is 0.0398 e. The van der Waals surface area contributed by atoms with Crippen LogP contribution < -0.4 is 5.32 Å². The fraction of sp³-hybridized carbons (Fsp3) is 0.143. The maximum atomic E-state index is 3.83. The van der Waals surface area contributed by atoms with Gasteiger partial charge in [0.05, 0.1) is 0 Å². The van der Waals surface area contributed by atoms with Gasteiger partial charge in [0.1, 0.15) is 0 Å². The monoisotopic (exact) mass is 287 g/mol. The van der Waals surface area contributed by atoms with E-state index in [9.17, 15) is 0 Å². The van der Waals surface area contributed by atoms with E-state index in [1.165, 1.54) is 33.5 Å². The van der Waals surface area contributed by atoms with Gasteiger partial charge in [-0.1, -0.05) is 73.3 Å². The van der Waals surface area contributed by atoms with Crippen molar-refractivity contribution in [1.29, 1.82) is 0 Å². The Labute approximate surface area is 132 Å². The highest BCUT2D eigenvalue weighted by molar-refractivity contribution is 5.86. The van der Waals surface area contributed by atoms with Crippen LogP contribution in [0.3, 0.4) is 0 Å². The van der Waals surface area contributed by atoms with E-state index in [2.05, 4.69) is 79.5 Å². The Bertz CT molecular complexity index is 736. The second kappa shape index (κ2) is 6.48. The molecule has 0 unspecified atom stereocenters. The average molecular weight is 287 g/mol. The van der Waals surface area contributed by atoms with E-state index >= 15 is 0 Å². The van der Waals surface area contributed by atoms with Crippen LogP contribution in [0.25, 0.3) is 5.57 Å². The van der Waals surface area contributed by atoms with Gasteiger partial charge in [-0.15, -0.1) is 0 Å². The molecule has 1 aliphatic carbocycles. The van der Waals surface area contributed by atoms with Crippen LogP contribution in [0.2, 0.25) is 0 Å². The lowest BCUT2D eigenvalue weighted by Gasteiger charge is -2.12. The summed E-state index contributed by atoms with van der Waals surface area (Å²) in [6.07, 6.45) is 4.92. The first kappa shape index (κ1) is 14.4. The van der Waals surface area contributed by atoms with Gasteiger partial charge in [0.2, 0.25) is 0 Å². The minimum Gasteiger partial charge on any atom is -0.383 e. The van der Waals surface area contributed by atoms with E-state index in [-0.39, 0.29) is 0 Å². The van der Waals surface area contributed by atoms with Gasteiger partial charge in [0.25, 0.3) is 0 Å². The molecule has 0 saturated heterocycles. The van der Waals surface area contributed by atoms with E-state index in [0.717, 1.165) is 13.0 Å². The first-order valence-electron chi connectivity index (χ1n) is 7.68. The van der Waals surface area contributed by atoms with Gasteiger partial charge >= 0.3 is 0 Å². The third-order valence-corrected chi connectivity index (χ3v) is 4.07. The topological polar surface area (TPSA) is 12.0 Å². The van der Waals surface area contributed by atoms with Crippen molar-refractivity contribution in [1.82, 2.24) is 5.32 Å². The molecule has 2 aromatic carbocycles. The van der Waals surface area contributed by atoms with Crippen LogP contribution in [0.5, 0.6) is 0 Å². The molecule has 0 radical (unpaired) electrons. The summed E-state index contributed by atoms with van der Waals surface area (Å²) in [4.78, 5) is 0. The number of nitrogens with one attached hydrogen (secondary N) is 1. The lowest BCUT2D eigenvalue weighted by atomic mass is 9.99. The molecule has 0 saturated carbocycles. The number of benzene rings is 2. The Morgan fingerprint density at radius 1 is 1.09 bits per heavy atom. The van der Waals surface area contributed by atoms with Crippen LogP contribution in [0.15, 0.2) is 84.6 Å². The Hall–Kier alpha value is -2.54. The molecule has 3 rings (SSSR count). The molecule has 0 fully saturated rings. The first-order valence-corrected chi connectivity index (χ1v) is 7.68. The highest BCUT2D eigenvalue weighted by Gasteiger charge is 2.21. The molecule has 0 amide bonds. The summed E-state index contributed by atoms with van der Waals surface area (Å²) in [7, 11) is 0. The summed E-state index contributed by atoms with van der Waals surface area (Å²) in [5, 5.41) is 3.64. The lowest BCUT2D eigenvalue weighted by Crippen LogP contribution is -2.14. The van der Waals surface area contributed by atoms with E-state index in [0.29, 0.717) is 0 Å². The van der Waals surface area contributed by atoms with Gasteiger partial charge in [-0.3, -0.25) is 0 Å². The first-order chi connectivity index (χ1) is 10.8. The fourth-order valence-corrected chi connectivity index (χ4v) is 3.03. The van der Waals surface area contributed by atoms with Gasteiger partial charge in [-0.25, -0.2) is 0 Å². The molecule has 0 spiro atoms. The third-order valence-electron chi connectivity index (χ3n) is 4.07. The molecule has 1 heteroatoms. The van der Waals surface area contributed by atoms with Crippen LogP contribution in [-0.2, 0) is 13.0 Å².